The van der Waals surface area contributed by atoms with Crippen molar-refractivity contribution in [1.82, 2.24) is 4.90 Å². The van der Waals surface area contributed by atoms with Crippen molar-refractivity contribution < 1.29 is 4.79 Å². The average Bonchev–Trinajstić information content (AvgIpc) is 3.00. The van der Waals surface area contributed by atoms with Gasteiger partial charge in [0, 0.05) is 23.5 Å². The van der Waals surface area contributed by atoms with E-state index in [4.69, 9.17) is 0 Å². The Balaban J connectivity index is 1.82. The maximum absolute atomic E-state index is 12.8. The van der Waals surface area contributed by atoms with E-state index in [1.54, 1.807) is 0 Å². The first kappa shape index (κ1) is 14.6. The lowest BCUT2D eigenvalue weighted by atomic mass is 10.1. The second-order valence-electron chi connectivity index (χ2n) is 5.69. The lowest BCUT2D eigenvalue weighted by Crippen LogP contribution is -2.35. The van der Waals surface area contributed by atoms with E-state index < -0.39 is 0 Å². The van der Waals surface area contributed by atoms with Crippen LogP contribution >= 0.6 is 15.9 Å². The van der Waals surface area contributed by atoms with Crippen LogP contribution in [0.2, 0.25) is 0 Å². The zero-order valence-corrected chi connectivity index (χ0v) is 13.7. The van der Waals surface area contributed by atoms with E-state index >= 15 is 0 Å². The van der Waals surface area contributed by atoms with E-state index in [1.807, 2.05) is 30.3 Å². The summed E-state index contributed by atoms with van der Waals surface area (Å²) in [7, 11) is 0. The van der Waals surface area contributed by atoms with Crippen LogP contribution < -0.4 is 0 Å². The topological polar surface area (TPSA) is 20.3 Å². The number of fused-ring (bicyclic) bond motifs is 1. The third-order valence-corrected chi connectivity index (χ3v) is 4.87. The minimum Gasteiger partial charge on any atom is -0.336 e. The minimum atomic E-state index is 0.192. The molecule has 21 heavy (non-hydrogen) atoms. The van der Waals surface area contributed by atoms with Gasteiger partial charge in [0.2, 0.25) is 0 Å². The van der Waals surface area contributed by atoms with Crippen molar-refractivity contribution >= 4 is 32.6 Å². The Morgan fingerprint density at radius 3 is 2.81 bits per heavy atom. The predicted molar refractivity (Wildman–Crippen MR) is 91.0 cm³/mol. The van der Waals surface area contributed by atoms with Crippen LogP contribution in [0.1, 0.15) is 36.0 Å². The minimum absolute atomic E-state index is 0.192. The van der Waals surface area contributed by atoms with E-state index in [1.165, 1.54) is 5.39 Å². The number of nitrogens with zero attached hydrogens (tertiary/aromatic N) is 1. The Morgan fingerprint density at radius 2 is 2.00 bits per heavy atom. The first-order valence-electron chi connectivity index (χ1n) is 7.65. The van der Waals surface area contributed by atoms with Gasteiger partial charge in [-0.25, -0.2) is 0 Å². The third kappa shape index (κ3) is 3.13. The van der Waals surface area contributed by atoms with Crippen LogP contribution in [0.5, 0.6) is 0 Å². The molecule has 1 aliphatic rings. The Hall–Kier alpha value is -1.35. The Kier molecular flexibility index (Phi) is 4.59. The molecule has 0 aromatic heterocycles. The van der Waals surface area contributed by atoms with Crippen LogP contribution in [0, 0.1) is 0 Å². The van der Waals surface area contributed by atoms with Crippen molar-refractivity contribution in [2.24, 2.45) is 0 Å². The van der Waals surface area contributed by atoms with E-state index in [2.05, 4.69) is 33.0 Å². The third-order valence-electron chi connectivity index (χ3n) is 4.31. The largest absolute Gasteiger partial charge is 0.336 e. The molecule has 0 aliphatic carbocycles. The van der Waals surface area contributed by atoms with Gasteiger partial charge in [0.15, 0.2) is 0 Å². The summed E-state index contributed by atoms with van der Waals surface area (Å²) in [5.74, 6) is 0.192. The summed E-state index contributed by atoms with van der Waals surface area (Å²) < 4.78 is 0. The summed E-state index contributed by atoms with van der Waals surface area (Å²) in [6.07, 6.45) is 4.51. The van der Waals surface area contributed by atoms with E-state index in [9.17, 15) is 4.79 Å². The van der Waals surface area contributed by atoms with Gasteiger partial charge in [0.25, 0.3) is 5.91 Å². The van der Waals surface area contributed by atoms with Gasteiger partial charge >= 0.3 is 0 Å². The maximum Gasteiger partial charge on any atom is 0.254 e. The fourth-order valence-electron chi connectivity index (χ4n) is 3.20. The number of alkyl halides is 1. The molecule has 3 heteroatoms. The first-order chi connectivity index (χ1) is 10.3. The first-order valence-corrected chi connectivity index (χ1v) is 8.77. The lowest BCUT2D eigenvalue weighted by Gasteiger charge is -2.24. The van der Waals surface area contributed by atoms with Gasteiger partial charge < -0.3 is 4.90 Å². The second-order valence-corrected chi connectivity index (χ2v) is 6.48. The molecule has 0 N–H and O–H groups in total. The lowest BCUT2D eigenvalue weighted by molar-refractivity contribution is 0.0730. The highest BCUT2D eigenvalue weighted by atomic mass is 79.9. The number of likely N-dealkylation sites (tertiary alicyclic amines) is 1. The molecule has 1 atom stereocenters. The van der Waals surface area contributed by atoms with Crippen molar-refractivity contribution in [2.45, 2.75) is 31.7 Å². The monoisotopic (exact) mass is 345 g/mol. The Morgan fingerprint density at radius 1 is 1.19 bits per heavy atom. The van der Waals surface area contributed by atoms with Crippen molar-refractivity contribution in [2.75, 3.05) is 11.9 Å². The fourth-order valence-corrected chi connectivity index (χ4v) is 3.53. The number of carbonyl (C=O) groups is 1. The molecule has 1 unspecified atom stereocenters. The molecule has 0 radical (unpaired) electrons. The maximum atomic E-state index is 12.8. The van der Waals surface area contributed by atoms with Gasteiger partial charge in [0.1, 0.15) is 0 Å². The van der Waals surface area contributed by atoms with E-state index in [0.717, 1.165) is 48.5 Å². The number of halogens is 1. The smallest absolute Gasteiger partial charge is 0.254 e. The molecule has 1 amide bonds. The van der Waals surface area contributed by atoms with Crippen LogP contribution in [0.25, 0.3) is 10.8 Å². The number of hydrogen-bond acceptors (Lipinski definition) is 1. The molecule has 110 valence electrons. The highest BCUT2D eigenvalue weighted by Gasteiger charge is 2.28. The molecular formula is C18H20BrNO. The summed E-state index contributed by atoms with van der Waals surface area (Å²) in [5, 5.41) is 3.34. The van der Waals surface area contributed by atoms with Gasteiger partial charge in [0.05, 0.1) is 0 Å². The molecular weight excluding hydrogens is 326 g/mol. The molecule has 1 heterocycles. The second kappa shape index (κ2) is 6.61. The van der Waals surface area contributed by atoms with E-state index in [0.29, 0.717) is 6.04 Å². The van der Waals surface area contributed by atoms with Crippen molar-refractivity contribution in [1.29, 1.82) is 0 Å². The van der Waals surface area contributed by atoms with Crippen LogP contribution in [0.15, 0.2) is 42.5 Å². The molecule has 0 bridgehead atoms. The van der Waals surface area contributed by atoms with Crippen LogP contribution in [0.4, 0.5) is 0 Å². The van der Waals surface area contributed by atoms with Crippen molar-refractivity contribution in [3.05, 3.63) is 48.0 Å². The molecule has 2 aromatic carbocycles. The number of benzene rings is 2. The SMILES string of the molecule is O=C(c1ccc2ccccc2c1)N1CCCC1CCCBr. The molecule has 1 aliphatic heterocycles. The number of hydrogen-bond donors (Lipinski definition) is 0. The van der Waals surface area contributed by atoms with Crippen molar-refractivity contribution in [3.8, 4) is 0 Å². The summed E-state index contributed by atoms with van der Waals surface area (Å²) in [5.41, 5.74) is 0.819. The summed E-state index contributed by atoms with van der Waals surface area (Å²) in [4.78, 5) is 14.9. The molecule has 0 spiro atoms. The molecule has 0 saturated carbocycles. The molecule has 2 aromatic rings. The number of amides is 1. The highest BCUT2D eigenvalue weighted by molar-refractivity contribution is 9.09. The Labute approximate surface area is 134 Å². The molecule has 3 rings (SSSR count). The summed E-state index contributed by atoms with van der Waals surface area (Å²) in [6.45, 7) is 0.901. The molecule has 2 nitrogen and oxygen atoms in total. The quantitative estimate of drug-likeness (QED) is 0.740. The van der Waals surface area contributed by atoms with Crippen LogP contribution in [-0.2, 0) is 0 Å². The predicted octanol–water partition coefficient (Wildman–Crippen LogP) is 4.62. The number of rotatable bonds is 4. The van der Waals surface area contributed by atoms with Crippen LogP contribution in [-0.4, -0.2) is 28.7 Å². The standard InChI is InChI=1S/C18H20BrNO/c19-11-3-7-17-8-4-12-20(17)18(21)16-10-9-14-5-1-2-6-15(14)13-16/h1-2,5-6,9-10,13,17H,3-4,7-8,11-12H2. The fraction of sp³-hybridized carbons (Fsp3) is 0.389. The highest BCUT2D eigenvalue weighted by Crippen LogP contribution is 2.25. The normalized spacial score (nSPS) is 18.3. The van der Waals surface area contributed by atoms with Gasteiger partial charge in [-0.15, -0.1) is 0 Å². The summed E-state index contributed by atoms with van der Waals surface area (Å²) >= 11 is 3.48. The van der Waals surface area contributed by atoms with Gasteiger partial charge in [-0.3, -0.25) is 4.79 Å². The van der Waals surface area contributed by atoms with E-state index in [-0.39, 0.29) is 5.91 Å². The van der Waals surface area contributed by atoms with Crippen LogP contribution in [0.3, 0.4) is 0 Å². The van der Waals surface area contributed by atoms with Gasteiger partial charge in [-0.1, -0.05) is 46.3 Å². The zero-order chi connectivity index (χ0) is 14.7. The molecule has 1 saturated heterocycles. The summed E-state index contributed by atoms with van der Waals surface area (Å²) in [6, 6.07) is 14.7. The molecule has 1 fully saturated rings. The van der Waals surface area contributed by atoms with Gasteiger partial charge in [-0.2, -0.15) is 0 Å². The van der Waals surface area contributed by atoms with Crippen molar-refractivity contribution in [3.63, 3.8) is 0 Å². The zero-order valence-electron chi connectivity index (χ0n) is 12.1. The number of carbonyl (C=O) groups excluding carboxylic acids is 1. The average molecular weight is 346 g/mol. The Bertz CT molecular complexity index is 640. The van der Waals surface area contributed by atoms with Gasteiger partial charge in [-0.05, 0) is 48.6 Å².